The van der Waals surface area contributed by atoms with Gasteiger partial charge in [-0.25, -0.2) is 4.68 Å². The summed E-state index contributed by atoms with van der Waals surface area (Å²) in [5, 5.41) is 9.51. The quantitative estimate of drug-likeness (QED) is 0.487. The minimum atomic E-state index is -0.269. The van der Waals surface area contributed by atoms with Crippen molar-refractivity contribution in [2.45, 2.75) is 6.92 Å². The number of para-hydroxylation sites is 1. The van der Waals surface area contributed by atoms with Gasteiger partial charge in [0, 0.05) is 11.3 Å². The van der Waals surface area contributed by atoms with Gasteiger partial charge in [-0.15, -0.1) is 11.3 Å². The molecule has 0 saturated heterocycles. The molecule has 2 aromatic heterocycles. The first kappa shape index (κ1) is 17.9. The summed E-state index contributed by atoms with van der Waals surface area (Å²) < 4.78 is 1.65. The lowest BCUT2D eigenvalue weighted by Crippen LogP contribution is -2.17. The number of nitrogens with one attached hydrogen (secondary N) is 1. The molecule has 6 heteroatoms. The van der Waals surface area contributed by atoms with Crippen molar-refractivity contribution in [1.29, 1.82) is 0 Å². The third-order valence-corrected chi connectivity index (χ3v) is 5.16. The van der Waals surface area contributed by atoms with Crippen LogP contribution in [0.5, 0.6) is 0 Å². The average Bonchev–Trinajstić information content (AvgIpc) is 3.39. The zero-order valence-corrected chi connectivity index (χ0v) is 15.9. The third kappa shape index (κ3) is 3.63. The SMILES string of the molecule is CC(=O)c1ccc(NC(=O)c2cc(-c3cccs3)nn2-c2ccccc2)cc1. The van der Waals surface area contributed by atoms with Gasteiger partial charge in [0.15, 0.2) is 5.78 Å². The zero-order valence-electron chi connectivity index (χ0n) is 15.1. The highest BCUT2D eigenvalue weighted by atomic mass is 32.1. The van der Waals surface area contributed by atoms with E-state index in [1.54, 1.807) is 46.4 Å². The predicted octanol–water partition coefficient (Wildman–Crippen LogP) is 5.06. The van der Waals surface area contributed by atoms with Crippen molar-refractivity contribution >= 4 is 28.7 Å². The molecule has 4 aromatic rings. The first-order valence-electron chi connectivity index (χ1n) is 8.73. The van der Waals surface area contributed by atoms with Crippen molar-refractivity contribution in [1.82, 2.24) is 9.78 Å². The molecule has 4 rings (SSSR count). The number of carbonyl (C=O) groups excluding carboxylic acids is 2. The standard InChI is InChI=1S/C22H17N3O2S/c1-15(26)16-9-11-17(12-10-16)23-22(27)20-14-19(21-8-5-13-28-21)24-25(20)18-6-3-2-4-7-18/h2-14H,1H3,(H,23,27). The Morgan fingerprint density at radius 2 is 1.71 bits per heavy atom. The molecule has 1 amide bonds. The first-order chi connectivity index (χ1) is 13.6. The van der Waals surface area contributed by atoms with Gasteiger partial charge in [-0.3, -0.25) is 9.59 Å². The molecule has 0 aliphatic carbocycles. The Morgan fingerprint density at radius 3 is 2.36 bits per heavy atom. The Balaban J connectivity index is 1.69. The Bertz CT molecular complexity index is 1110. The predicted molar refractivity (Wildman–Crippen MR) is 111 cm³/mol. The Hall–Kier alpha value is -3.51. The fraction of sp³-hybridized carbons (Fsp3) is 0.0455. The number of hydrogen-bond acceptors (Lipinski definition) is 4. The van der Waals surface area contributed by atoms with E-state index in [0.29, 0.717) is 16.9 Å². The topological polar surface area (TPSA) is 64.0 Å². The fourth-order valence-corrected chi connectivity index (χ4v) is 3.52. The number of thiophene rings is 1. The molecule has 0 atom stereocenters. The van der Waals surface area contributed by atoms with Crippen molar-refractivity contribution in [2.75, 3.05) is 5.32 Å². The van der Waals surface area contributed by atoms with E-state index in [1.807, 2.05) is 47.8 Å². The van der Waals surface area contributed by atoms with E-state index < -0.39 is 0 Å². The lowest BCUT2D eigenvalue weighted by Gasteiger charge is -2.08. The normalized spacial score (nSPS) is 10.6. The maximum Gasteiger partial charge on any atom is 0.274 e. The van der Waals surface area contributed by atoms with Gasteiger partial charge in [0.05, 0.1) is 10.6 Å². The number of Topliss-reactive ketones (excluding diaryl/α,β-unsaturated/α-hetero) is 1. The highest BCUT2D eigenvalue weighted by molar-refractivity contribution is 7.13. The van der Waals surface area contributed by atoms with Crippen LogP contribution in [0.1, 0.15) is 27.8 Å². The maximum atomic E-state index is 13.0. The molecule has 0 radical (unpaired) electrons. The molecule has 0 bridgehead atoms. The Labute approximate surface area is 166 Å². The largest absolute Gasteiger partial charge is 0.321 e. The highest BCUT2D eigenvalue weighted by Gasteiger charge is 2.18. The van der Waals surface area contributed by atoms with Gasteiger partial charge in [-0.2, -0.15) is 5.10 Å². The summed E-state index contributed by atoms with van der Waals surface area (Å²) in [7, 11) is 0. The number of hydrogen-bond donors (Lipinski definition) is 1. The van der Waals surface area contributed by atoms with E-state index in [2.05, 4.69) is 10.4 Å². The van der Waals surface area contributed by atoms with Crippen LogP contribution in [0.25, 0.3) is 16.3 Å². The van der Waals surface area contributed by atoms with E-state index in [0.717, 1.165) is 16.3 Å². The monoisotopic (exact) mass is 387 g/mol. The summed E-state index contributed by atoms with van der Waals surface area (Å²) in [6.45, 7) is 1.51. The molecule has 138 valence electrons. The number of ketones is 1. The van der Waals surface area contributed by atoms with Crippen LogP contribution in [0, 0.1) is 0 Å². The van der Waals surface area contributed by atoms with Crippen LogP contribution in [0.2, 0.25) is 0 Å². The highest BCUT2D eigenvalue weighted by Crippen LogP contribution is 2.26. The van der Waals surface area contributed by atoms with E-state index in [9.17, 15) is 9.59 Å². The van der Waals surface area contributed by atoms with Crippen molar-refractivity contribution < 1.29 is 9.59 Å². The molecule has 0 unspecified atom stereocenters. The van der Waals surface area contributed by atoms with Gasteiger partial charge in [0.25, 0.3) is 5.91 Å². The number of aromatic nitrogens is 2. The van der Waals surface area contributed by atoms with Gasteiger partial charge in [0.1, 0.15) is 11.4 Å². The molecule has 5 nitrogen and oxygen atoms in total. The minimum Gasteiger partial charge on any atom is -0.321 e. The molecule has 0 fully saturated rings. The van der Waals surface area contributed by atoms with Gasteiger partial charge in [-0.05, 0) is 60.8 Å². The fourth-order valence-electron chi connectivity index (χ4n) is 2.84. The molecule has 0 spiro atoms. The van der Waals surface area contributed by atoms with Crippen molar-refractivity contribution in [3.63, 3.8) is 0 Å². The van der Waals surface area contributed by atoms with Crippen LogP contribution in [0.3, 0.4) is 0 Å². The van der Waals surface area contributed by atoms with Crippen LogP contribution in [-0.4, -0.2) is 21.5 Å². The van der Waals surface area contributed by atoms with Crippen LogP contribution in [0.15, 0.2) is 78.2 Å². The summed E-state index contributed by atoms with van der Waals surface area (Å²) in [5.74, 6) is -0.282. The smallest absolute Gasteiger partial charge is 0.274 e. The lowest BCUT2D eigenvalue weighted by atomic mass is 10.1. The van der Waals surface area contributed by atoms with Gasteiger partial charge >= 0.3 is 0 Å². The average molecular weight is 387 g/mol. The number of rotatable bonds is 5. The number of carbonyl (C=O) groups is 2. The van der Waals surface area contributed by atoms with Gasteiger partial charge in [0.2, 0.25) is 0 Å². The second-order valence-electron chi connectivity index (χ2n) is 6.23. The molecule has 2 heterocycles. The van der Waals surface area contributed by atoms with Gasteiger partial charge in [-0.1, -0.05) is 24.3 Å². The summed E-state index contributed by atoms with van der Waals surface area (Å²) in [4.78, 5) is 25.4. The minimum absolute atomic E-state index is 0.0133. The number of benzene rings is 2. The summed E-state index contributed by atoms with van der Waals surface area (Å²) in [5.41, 5.74) is 3.21. The third-order valence-electron chi connectivity index (χ3n) is 4.27. The molecule has 2 aromatic carbocycles. The van der Waals surface area contributed by atoms with E-state index in [1.165, 1.54) is 6.92 Å². The van der Waals surface area contributed by atoms with Crippen LogP contribution in [-0.2, 0) is 0 Å². The van der Waals surface area contributed by atoms with E-state index >= 15 is 0 Å². The summed E-state index contributed by atoms with van der Waals surface area (Å²) >= 11 is 1.57. The molecule has 0 aliphatic rings. The Kier molecular flexibility index (Phi) is 4.87. The molecule has 28 heavy (non-hydrogen) atoms. The molecule has 1 N–H and O–H groups in total. The van der Waals surface area contributed by atoms with Crippen molar-refractivity contribution in [3.8, 4) is 16.3 Å². The van der Waals surface area contributed by atoms with E-state index in [4.69, 9.17) is 0 Å². The second-order valence-corrected chi connectivity index (χ2v) is 7.17. The summed E-state index contributed by atoms with van der Waals surface area (Å²) in [6, 6.07) is 22.1. The number of amides is 1. The summed E-state index contributed by atoms with van der Waals surface area (Å²) in [6.07, 6.45) is 0. The van der Waals surface area contributed by atoms with Gasteiger partial charge < -0.3 is 5.32 Å². The van der Waals surface area contributed by atoms with Crippen LogP contribution < -0.4 is 5.32 Å². The molecule has 0 aliphatic heterocycles. The van der Waals surface area contributed by atoms with Crippen LogP contribution >= 0.6 is 11.3 Å². The molecular weight excluding hydrogens is 370 g/mol. The van der Waals surface area contributed by atoms with Crippen LogP contribution in [0.4, 0.5) is 5.69 Å². The number of nitrogens with zero attached hydrogens (tertiary/aromatic N) is 2. The Morgan fingerprint density at radius 1 is 0.964 bits per heavy atom. The van der Waals surface area contributed by atoms with Crippen molar-refractivity contribution in [3.05, 3.63) is 89.4 Å². The molecule has 0 saturated carbocycles. The van der Waals surface area contributed by atoms with Crippen molar-refractivity contribution in [2.24, 2.45) is 0 Å². The first-order valence-corrected chi connectivity index (χ1v) is 9.61. The van der Waals surface area contributed by atoms with E-state index in [-0.39, 0.29) is 11.7 Å². The molecular formula is C22H17N3O2S. The maximum absolute atomic E-state index is 13.0. The lowest BCUT2D eigenvalue weighted by molar-refractivity contribution is 0.101. The second kappa shape index (κ2) is 7.62. The zero-order chi connectivity index (χ0) is 19.5. The number of anilines is 1.